The number of hydrogen-bond donors (Lipinski definition) is 2. The summed E-state index contributed by atoms with van der Waals surface area (Å²) in [5.74, 6) is -0.0984. The molecule has 1 saturated carbocycles. The summed E-state index contributed by atoms with van der Waals surface area (Å²) in [6.45, 7) is 7.02. The van der Waals surface area contributed by atoms with E-state index in [1.165, 1.54) is 0 Å². The topological polar surface area (TPSA) is 88.2 Å². The van der Waals surface area contributed by atoms with Crippen molar-refractivity contribution in [3.8, 4) is 0 Å². The lowest BCUT2D eigenvalue weighted by molar-refractivity contribution is -0.120. The Bertz CT molecular complexity index is 972. The van der Waals surface area contributed by atoms with Crippen LogP contribution in [0.15, 0.2) is 30.3 Å². The van der Waals surface area contributed by atoms with E-state index in [4.69, 9.17) is 0 Å². The number of fused-ring (bicyclic) bond motifs is 1. The van der Waals surface area contributed by atoms with E-state index in [-0.39, 0.29) is 17.9 Å². The van der Waals surface area contributed by atoms with Gasteiger partial charge in [0.25, 0.3) is 0 Å². The minimum absolute atomic E-state index is 0.00320. The van der Waals surface area contributed by atoms with Crippen LogP contribution in [0.25, 0.3) is 10.9 Å². The first-order valence-electron chi connectivity index (χ1n) is 9.75. The number of benzene rings is 1. The van der Waals surface area contributed by atoms with E-state index in [9.17, 15) is 13.2 Å². The molecule has 1 aliphatic carbocycles. The lowest BCUT2D eigenvalue weighted by Gasteiger charge is -2.30. The van der Waals surface area contributed by atoms with Gasteiger partial charge < -0.3 is 5.32 Å². The van der Waals surface area contributed by atoms with Gasteiger partial charge in [-0.05, 0) is 77.6 Å². The van der Waals surface area contributed by atoms with Crippen LogP contribution in [0.5, 0.6) is 0 Å². The number of sulfonamides is 1. The summed E-state index contributed by atoms with van der Waals surface area (Å²) in [6, 6.07) is 9.57. The zero-order valence-corrected chi connectivity index (χ0v) is 17.8. The summed E-state index contributed by atoms with van der Waals surface area (Å²) >= 11 is 0. The van der Waals surface area contributed by atoms with Crippen molar-refractivity contribution < 1.29 is 13.2 Å². The molecule has 0 unspecified atom stereocenters. The summed E-state index contributed by atoms with van der Waals surface area (Å²) in [7, 11) is -3.36. The van der Waals surface area contributed by atoms with Crippen molar-refractivity contribution in [1.82, 2.24) is 9.71 Å². The number of anilines is 1. The van der Waals surface area contributed by atoms with Crippen LogP contribution >= 0.6 is 0 Å². The second kappa shape index (κ2) is 7.79. The molecule has 0 saturated heterocycles. The Labute approximate surface area is 167 Å². The number of nitrogens with one attached hydrogen (secondary N) is 2. The molecule has 0 atom stereocenters. The maximum atomic E-state index is 12.6. The largest absolute Gasteiger partial charge is 0.326 e. The van der Waals surface area contributed by atoms with Crippen molar-refractivity contribution in [3.63, 3.8) is 0 Å². The maximum Gasteiger partial charge on any atom is 0.227 e. The van der Waals surface area contributed by atoms with Gasteiger partial charge in [-0.2, -0.15) is 0 Å². The van der Waals surface area contributed by atoms with Gasteiger partial charge in [0, 0.05) is 28.7 Å². The summed E-state index contributed by atoms with van der Waals surface area (Å²) in [5.41, 5.74) is 2.63. The van der Waals surface area contributed by atoms with Crippen LogP contribution in [0.4, 0.5) is 5.69 Å². The smallest absolute Gasteiger partial charge is 0.227 e. The van der Waals surface area contributed by atoms with Crippen molar-refractivity contribution >= 4 is 32.5 Å². The minimum Gasteiger partial charge on any atom is -0.326 e. The third-order valence-corrected chi connectivity index (χ3v) is 7.58. The van der Waals surface area contributed by atoms with Gasteiger partial charge in [-0.25, -0.2) is 13.1 Å². The molecule has 0 radical (unpaired) electrons. The molecule has 6 nitrogen and oxygen atoms in total. The predicted molar refractivity (Wildman–Crippen MR) is 113 cm³/mol. The second-order valence-corrected chi connectivity index (χ2v) is 11.1. The van der Waals surface area contributed by atoms with Crippen LogP contribution in [0.3, 0.4) is 0 Å². The average molecular weight is 404 g/mol. The molecule has 1 aromatic carbocycles. The highest BCUT2D eigenvalue weighted by molar-refractivity contribution is 7.90. The summed E-state index contributed by atoms with van der Waals surface area (Å²) in [4.78, 5) is 17.1. The summed E-state index contributed by atoms with van der Waals surface area (Å²) in [6.07, 6.45) is 2.71. The Balaban J connectivity index is 1.58. The SMILES string of the molecule is Cc1ccc2cc(NC(=O)[C@H]3CC[C@H](NS(=O)(=O)C(C)(C)C)CC3)ccc2n1. The summed E-state index contributed by atoms with van der Waals surface area (Å²) in [5, 5.41) is 3.99. The molecule has 0 bridgehead atoms. The average Bonchev–Trinajstić information content (AvgIpc) is 2.61. The molecule has 1 heterocycles. The molecule has 28 heavy (non-hydrogen) atoms. The standard InChI is InChI=1S/C21H29N3O3S/c1-14-5-6-16-13-18(11-12-19(16)22-14)23-20(25)15-7-9-17(10-8-15)24-28(26,27)21(2,3)4/h5-6,11-13,15,17,24H,7-10H2,1-4H3,(H,23,25)/t15-,17-. The number of amides is 1. The van der Waals surface area contributed by atoms with Crippen LogP contribution in [-0.2, 0) is 14.8 Å². The minimum atomic E-state index is -3.36. The molecule has 3 rings (SSSR count). The molecule has 1 aliphatic rings. The van der Waals surface area contributed by atoms with Gasteiger partial charge in [0.2, 0.25) is 15.9 Å². The first-order valence-corrected chi connectivity index (χ1v) is 11.2. The van der Waals surface area contributed by atoms with Gasteiger partial charge in [-0.15, -0.1) is 0 Å². The van der Waals surface area contributed by atoms with Gasteiger partial charge in [0.1, 0.15) is 0 Å². The molecule has 0 spiro atoms. The molecule has 2 aromatic rings. The van der Waals surface area contributed by atoms with Gasteiger partial charge in [0.15, 0.2) is 0 Å². The van der Waals surface area contributed by atoms with Crippen LogP contribution in [0.2, 0.25) is 0 Å². The molecule has 7 heteroatoms. The molecule has 1 amide bonds. The van der Waals surface area contributed by atoms with E-state index in [0.29, 0.717) is 25.7 Å². The molecule has 1 aromatic heterocycles. The Hall–Kier alpha value is -1.99. The Morgan fingerprint density at radius 3 is 2.39 bits per heavy atom. The third kappa shape index (κ3) is 4.70. The van der Waals surface area contributed by atoms with E-state index in [1.807, 2.05) is 37.3 Å². The monoisotopic (exact) mass is 403 g/mol. The number of carbonyl (C=O) groups excluding carboxylic acids is 1. The van der Waals surface area contributed by atoms with E-state index in [1.54, 1.807) is 20.8 Å². The fourth-order valence-corrected chi connectivity index (χ4v) is 4.45. The van der Waals surface area contributed by atoms with Gasteiger partial charge in [0.05, 0.1) is 10.3 Å². The van der Waals surface area contributed by atoms with Crippen LogP contribution < -0.4 is 10.0 Å². The molecule has 0 aliphatic heterocycles. The number of hydrogen-bond acceptors (Lipinski definition) is 4. The van der Waals surface area contributed by atoms with Gasteiger partial charge in [-0.3, -0.25) is 9.78 Å². The van der Waals surface area contributed by atoms with Crippen LogP contribution in [-0.4, -0.2) is 30.1 Å². The summed E-state index contributed by atoms with van der Waals surface area (Å²) < 4.78 is 26.6. The predicted octanol–water partition coefficient (Wildman–Crippen LogP) is 3.76. The Morgan fingerprint density at radius 1 is 1.07 bits per heavy atom. The molecule has 1 fully saturated rings. The van der Waals surface area contributed by atoms with E-state index in [0.717, 1.165) is 22.3 Å². The quantitative estimate of drug-likeness (QED) is 0.814. The van der Waals surface area contributed by atoms with E-state index in [2.05, 4.69) is 15.0 Å². The van der Waals surface area contributed by atoms with Crippen molar-refractivity contribution in [2.75, 3.05) is 5.32 Å². The van der Waals surface area contributed by atoms with Gasteiger partial charge in [-0.1, -0.05) is 6.07 Å². The Kier molecular flexibility index (Phi) is 5.77. The van der Waals surface area contributed by atoms with Crippen molar-refractivity contribution in [3.05, 3.63) is 36.0 Å². The third-order valence-electron chi connectivity index (χ3n) is 5.32. The number of rotatable bonds is 4. The van der Waals surface area contributed by atoms with Crippen molar-refractivity contribution in [2.45, 2.75) is 64.2 Å². The molecular weight excluding hydrogens is 374 g/mol. The zero-order valence-electron chi connectivity index (χ0n) is 17.0. The molecule has 2 N–H and O–H groups in total. The van der Waals surface area contributed by atoms with E-state index >= 15 is 0 Å². The van der Waals surface area contributed by atoms with Crippen molar-refractivity contribution in [2.24, 2.45) is 5.92 Å². The fourth-order valence-electron chi connectivity index (χ4n) is 3.42. The number of nitrogens with zero attached hydrogens (tertiary/aromatic N) is 1. The maximum absolute atomic E-state index is 12.6. The highest BCUT2D eigenvalue weighted by atomic mass is 32.2. The molecular formula is C21H29N3O3S. The zero-order chi connectivity index (χ0) is 20.5. The lowest BCUT2D eigenvalue weighted by atomic mass is 9.86. The normalized spacial score (nSPS) is 20.9. The van der Waals surface area contributed by atoms with Crippen LogP contribution in [0, 0.1) is 12.8 Å². The highest BCUT2D eigenvalue weighted by Crippen LogP contribution is 2.28. The highest BCUT2D eigenvalue weighted by Gasteiger charge is 2.34. The number of aryl methyl sites for hydroxylation is 1. The number of pyridine rings is 1. The number of aromatic nitrogens is 1. The first kappa shape index (κ1) is 20.7. The lowest BCUT2D eigenvalue weighted by Crippen LogP contribution is -2.46. The van der Waals surface area contributed by atoms with Crippen LogP contribution in [0.1, 0.15) is 52.1 Å². The fraction of sp³-hybridized carbons (Fsp3) is 0.524. The van der Waals surface area contributed by atoms with Crippen molar-refractivity contribution in [1.29, 1.82) is 0 Å². The second-order valence-electron chi connectivity index (χ2n) is 8.63. The molecule has 152 valence electrons. The first-order chi connectivity index (χ1) is 13.0. The number of carbonyl (C=O) groups is 1. The van der Waals surface area contributed by atoms with Gasteiger partial charge >= 0.3 is 0 Å². The van der Waals surface area contributed by atoms with E-state index < -0.39 is 14.8 Å². The Morgan fingerprint density at radius 2 is 1.75 bits per heavy atom.